The zero-order chi connectivity index (χ0) is 14.4. The molecule has 20 heavy (non-hydrogen) atoms. The van der Waals surface area contributed by atoms with Crippen molar-refractivity contribution in [2.24, 2.45) is 17.8 Å². The first-order valence-corrected chi connectivity index (χ1v) is 8.38. The molecule has 1 aromatic rings. The highest BCUT2D eigenvalue weighted by Gasteiger charge is 2.18. The summed E-state index contributed by atoms with van der Waals surface area (Å²) in [5.74, 6) is 2.59. The molecular formula is C19H29F. The Morgan fingerprint density at radius 3 is 2.60 bits per heavy atom. The maximum absolute atomic E-state index is 13.1. The van der Waals surface area contributed by atoms with Crippen LogP contribution in [-0.4, -0.2) is 0 Å². The lowest BCUT2D eigenvalue weighted by Crippen LogP contribution is -2.13. The fourth-order valence-electron chi connectivity index (χ4n) is 3.39. The first kappa shape index (κ1) is 15.5. The summed E-state index contributed by atoms with van der Waals surface area (Å²) >= 11 is 0. The van der Waals surface area contributed by atoms with Crippen LogP contribution in [-0.2, 0) is 6.42 Å². The van der Waals surface area contributed by atoms with Crippen LogP contribution >= 0.6 is 0 Å². The highest BCUT2D eigenvalue weighted by molar-refractivity contribution is 5.16. The molecule has 1 atom stereocenters. The van der Waals surface area contributed by atoms with Gasteiger partial charge in [0.05, 0.1) is 0 Å². The van der Waals surface area contributed by atoms with E-state index in [-0.39, 0.29) is 5.82 Å². The molecule has 0 bridgehead atoms. The van der Waals surface area contributed by atoms with Crippen molar-refractivity contribution in [2.45, 2.75) is 65.2 Å². The predicted molar refractivity (Wildman–Crippen MR) is 84.2 cm³/mol. The second-order valence-corrected chi connectivity index (χ2v) is 6.98. The summed E-state index contributed by atoms with van der Waals surface area (Å²) in [6, 6.07) is 7.06. The third-order valence-corrected chi connectivity index (χ3v) is 5.02. The van der Waals surface area contributed by atoms with Crippen molar-refractivity contribution in [3.05, 3.63) is 35.6 Å². The molecule has 1 fully saturated rings. The van der Waals surface area contributed by atoms with Gasteiger partial charge in [0.15, 0.2) is 0 Å². The molecule has 2 rings (SSSR count). The topological polar surface area (TPSA) is 0 Å². The van der Waals surface area contributed by atoms with Crippen molar-refractivity contribution < 1.29 is 4.39 Å². The van der Waals surface area contributed by atoms with Crippen molar-refractivity contribution in [3.63, 3.8) is 0 Å². The van der Waals surface area contributed by atoms with Crippen LogP contribution in [0.15, 0.2) is 24.3 Å². The third kappa shape index (κ3) is 5.26. The van der Waals surface area contributed by atoms with Crippen LogP contribution in [0.25, 0.3) is 0 Å². The van der Waals surface area contributed by atoms with Gasteiger partial charge in [0.1, 0.15) is 5.82 Å². The minimum Gasteiger partial charge on any atom is -0.207 e. The molecule has 1 unspecified atom stereocenters. The van der Waals surface area contributed by atoms with Crippen molar-refractivity contribution in [1.29, 1.82) is 0 Å². The smallest absolute Gasteiger partial charge is 0.123 e. The van der Waals surface area contributed by atoms with Gasteiger partial charge in [0.25, 0.3) is 0 Å². The lowest BCUT2D eigenvalue weighted by molar-refractivity contribution is 0.261. The molecule has 0 N–H and O–H groups in total. The van der Waals surface area contributed by atoms with E-state index in [1.165, 1.54) is 51.0 Å². The third-order valence-electron chi connectivity index (χ3n) is 5.02. The maximum Gasteiger partial charge on any atom is 0.123 e. The fourth-order valence-corrected chi connectivity index (χ4v) is 3.39. The summed E-state index contributed by atoms with van der Waals surface area (Å²) in [5.41, 5.74) is 1.14. The number of benzene rings is 1. The average Bonchev–Trinajstić information content (AvgIpc) is 2.45. The van der Waals surface area contributed by atoms with Gasteiger partial charge in [-0.05, 0) is 48.3 Å². The van der Waals surface area contributed by atoms with Crippen molar-refractivity contribution in [1.82, 2.24) is 0 Å². The maximum atomic E-state index is 13.1. The summed E-state index contributed by atoms with van der Waals surface area (Å²) < 4.78 is 13.1. The van der Waals surface area contributed by atoms with Crippen LogP contribution in [0.2, 0.25) is 0 Å². The lowest BCUT2D eigenvalue weighted by Gasteiger charge is -2.27. The first-order valence-electron chi connectivity index (χ1n) is 8.38. The molecule has 1 aliphatic rings. The molecule has 112 valence electrons. The zero-order valence-electron chi connectivity index (χ0n) is 13.1. The Balaban J connectivity index is 1.64. The van der Waals surface area contributed by atoms with Crippen LogP contribution in [0.1, 0.15) is 64.4 Å². The minimum atomic E-state index is -0.105. The van der Waals surface area contributed by atoms with Crippen molar-refractivity contribution in [3.8, 4) is 0 Å². The zero-order valence-corrected chi connectivity index (χ0v) is 13.1. The lowest BCUT2D eigenvalue weighted by atomic mass is 9.79. The Labute approximate surface area is 123 Å². The van der Waals surface area contributed by atoms with Crippen LogP contribution in [0.4, 0.5) is 4.39 Å². The summed E-state index contributed by atoms with van der Waals surface area (Å²) in [7, 11) is 0. The highest BCUT2D eigenvalue weighted by atomic mass is 19.1. The standard InChI is InChI=1S/C19H29F/c1-15-6-10-17(11-7-15)12-8-16(2)9-13-18-4-3-5-19(20)14-18/h3-5,14-17H,6-13H2,1-2H3. The summed E-state index contributed by atoms with van der Waals surface area (Å²) in [6.45, 7) is 4.74. The van der Waals surface area contributed by atoms with Gasteiger partial charge in [-0.3, -0.25) is 0 Å². The van der Waals surface area contributed by atoms with Gasteiger partial charge in [-0.1, -0.05) is 64.5 Å². The highest BCUT2D eigenvalue weighted by Crippen LogP contribution is 2.32. The van der Waals surface area contributed by atoms with Gasteiger partial charge in [-0.15, -0.1) is 0 Å². The Kier molecular flexibility index (Phi) is 6.06. The van der Waals surface area contributed by atoms with E-state index in [1.807, 2.05) is 12.1 Å². The van der Waals surface area contributed by atoms with Crippen LogP contribution in [0.5, 0.6) is 0 Å². The molecule has 0 nitrogen and oxygen atoms in total. The molecule has 1 heteroatoms. The van der Waals surface area contributed by atoms with E-state index >= 15 is 0 Å². The van der Waals surface area contributed by atoms with E-state index in [0.29, 0.717) is 0 Å². The Morgan fingerprint density at radius 2 is 1.90 bits per heavy atom. The Hall–Kier alpha value is -0.850. The van der Waals surface area contributed by atoms with Gasteiger partial charge in [-0.2, -0.15) is 0 Å². The summed E-state index contributed by atoms with van der Waals surface area (Å²) in [5, 5.41) is 0. The molecule has 1 aromatic carbocycles. The molecule has 1 aliphatic carbocycles. The molecule has 0 saturated heterocycles. The van der Waals surface area contributed by atoms with Crippen molar-refractivity contribution in [2.75, 3.05) is 0 Å². The molecule has 0 spiro atoms. The molecule has 0 aromatic heterocycles. The fraction of sp³-hybridized carbons (Fsp3) is 0.684. The summed E-state index contributed by atoms with van der Waals surface area (Å²) in [4.78, 5) is 0. The van der Waals surface area contributed by atoms with Crippen LogP contribution in [0.3, 0.4) is 0 Å². The summed E-state index contributed by atoms with van der Waals surface area (Å²) in [6.07, 6.45) is 10.7. The molecule has 0 amide bonds. The number of hydrogen-bond donors (Lipinski definition) is 0. The predicted octanol–water partition coefficient (Wildman–Crippen LogP) is 6.00. The van der Waals surface area contributed by atoms with E-state index in [0.717, 1.165) is 29.7 Å². The van der Waals surface area contributed by atoms with Crippen LogP contribution < -0.4 is 0 Å². The van der Waals surface area contributed by atoms with Gasteiger partial charge in [0, 0.05) is 0 Å². The van der Waals surface area contributed by atoms with Crippen LogP contribution in [0, 0.1) is 23.6 Å². The Morgan fingerprint density at radius 1 is 1.15 bits per heavy atom. The van der Waals surface area contributed by atoms with Crippen molar-refractivity contribution >= 4 is 0 Å². The molecule has 0 aliphatic heterocycles. The van der Waals surface area contributed by atoms with Gasteiger partial charge < -0.3 is 0 Å². The molecule has 0 heterocycles. The van der Waals surface area contributed by atoms with Gasteiger partial charge in [-0.25, -0.2) is 4.39 Å². The number of aryl methyl sites for hydroxylation is 1. The number of rotatable bonds is 6. The quantitative estimate of drug-likeness (QED) is 0.597. The number of hydrogen-bond acceptors (Lipinski definition) is 0. The van der Waals surface area contributed by atoms with E-state index in [2.05, 4.69) is 13.8 Å². The Bertz CT molecular complexity index is 391. The molecule has 0 radical (unpaired) electrons. The molecule has 1 saturated carbocycles. The van der Waals surface area contributed by atoms with E-state index < -0.39 is 0 Å². The SMILES string of the molecule is CC(CCc1cccc(F)c1)CCC1CCC(C)CC1. The van der Waals surface area contributed by atoms with E-state index in [9.17, 15) is 4.39 Å². The monoisotopic (exact) mass is 276 g/mol. The first-order chi connectivity index (χ1) is 9.63. The molecular weight excluding hydrogens is 247 g/mol. The van der Waals surface area contributed by atoms with E-state index in [4.69, 9.17) is 0 Å². The largest absolute Gasteiger partial charge is 0.207 e. The second kappa shape index (κ2) is 7.81. The number of halogens is 1. The van der Waals surface area contributed by atoms with Gasteiger partial charge in [0.2, 0.25) is 0 Å². The second-order valence-electron chi connectivity index (χ2n) is 6.98. The van der Waals surface area contributed by atoms with E-state index in [1.54, 1.807) is 6.07 Å². The average molecular weight is 276 g/mol. The minimum absolute atomic E-state index is 0.105. The van der Waals surface area contributed by atoms with Gasteiger partial charge >= 0.3 is 0 Å². The normalized spacial score (nSPS) is 24.6.